The fourth-order valence-electron chi connectivity index (χ4n) is 5.93. The van der Waals surface area contributed by atoms with Gasteiger partial charge < -0.3 is 20.5 Å². The number of hydrogen-bond donors (Lipinski definition) is 3. The van der Waals surface area contributed by atoms with Crippen LogP contribution in [0, 0.1) is 23.2 Å². The number of carbonyl (C=O) groups excluding carboxylic acids is 3. The predicted octanol–water partition coefficient (Wildman–Crippen LogP) is 2.99. The van der Waals surface area contributed by atoms with Gasteiger partial charge in [0.15, 0.2) is 0 Å². The Balaban J connectivity index is 1.59. The number of oxime groups is 1. The Morgan fingerprint density at radius 3 is 2.35 bits per heavy atom. The zero-order valence-corrected chi connectivity index (χ0v) is 29.8. The molecule has 1 aromatic heterocycles. The quantitative estimate of drug-likeness (QED) is 0.0864. The van der Waals surface area contributed by atoms with E-state index >= 15 is 0 Å². The third-order valence-corrected chi connectivity index (χ3v) is 10.2. The van der Waals surface area contributed by atoms with E-state index in [1.54, 1.807) is 19.9 Å². The van der Waals surface area contributed by atoms with Crippen LogP contribution in [0.15, 0.2) is 83.0 Å². The van der Waals surface area contributed by atoms with Crippen molar-refractivity contribution in [1.82, 2.24) is 24.4 Å². The fourth-order valence-corrected chi connectivity index (χ4v) is 7.55. The molecule has 0 bridgehead atoms. The Bertz CT molecular complexity index is 1860. The standard InChI is InChI=1S/C36H43N7O7S/c1-24(2)20-41(51(49,50)30-12-10-27(11-13-30)19-39-48)22-32(44)31(17-26-8-6-5-7-9-26)40-35(46)34(25(3)4)43-23-33(45)42(36(43)47)21-28-14-15-38-29(16-28)18-37/h5-16,19,24-25,31-32,34,44,48H,17,20-23H2,1-4H3,(H,40,46)/t31-,32+,34-/m0/s1. The van der Waals surface area contributed by atoms with E-state index in [2.05, 4.69) is 15.5 Å². The number of sulfonamides is 1. The molecule has 2 heterocycles. The number of benzene rings is 2. The maximum atomic E-state index is 14.1. The molecule has 3 N–H and O–H groups in total. The Labute approximate surface area is 298 Å². The molecule has 14 nitrogen and oxygen atoms in total. The smallest absolute Gasteiger partial charge is 0.328 e. The van der Waals surface area contributed by atoms with Gasteiger partial charge in [0.05, 0.1) is 29.8 Å². The predicted molar refractivity (Wildman–Crippen MR) is 188 cm³/mol. The molecule has 1 saturated heterocycles. The van der Waals surface area contributed by atoms with Crippen molar-refractivity contribution < 1.29 is 33.1 Å². The van der Waals surface area contributed by atoms with Gasteiger partial charge in [-0.1, -0.05) is 75.3 Å². The summed E-state index contributed by atoms with van der Waals surface area (Å²) in [6.45, 7) is 6.45. The summed E-state index contributed by atoms with van der Waals surface area (Å²) >= 11 is 0. The molecular formula is C36H43N7O7S. The second-order valence-electron chi connectivity index (χ2n) is 13.1. The van der Waals surface area contributed by atoms with Crippen LogP contribution in [-0.4, -0.2) is 99.7 Å². The third-order valence-electron chi connectivity index (χ3n) is 8.37. The topological polar surface area (TPSA) is 197 Å². The summed E-state index contributed by atoms with van der Waals surface area (Å²) in [6.07, 6.45) is 1.34. The molecular weight excluding hydrogens is 675 g/mol. The van der Waals surface area contributed by atoms with Crippen molar-refractivity contribution in [3.05, 3.63) is 95.3 Å². The van der Waals surface area contributed by atoms with Crippen LogP contribution in [0.3, 0.4) is 0 Å². The fraction of sp³-hybridized carbons (Fsp3) is 0.389. The molecule has 3 aromatic rings. The molecule has 1 fully saturated rings. The second-order valence-corrected chi connectivity index (χ2v) is 15.1. The van der Waals surface area contributed by atoms with Gasteiger partial charge in [-0.25, -0.2) is 18.2 Å². The molecule has 0 saturated carbocycles. The number of hydrogen-bond acceptors (Lipinski definition) is 10. The molecule has 1 aliphatic rings. The molecule has 4 amide bonds. The van der Waals surface area contributed by atoms with Gasteiger partial charge in [0, 0.05) is 19.3 Å². The Kier molecular flexibility index (Phi) is 13.0. The van der Waals surface area contributed by atoms with E-state index in [1.807, 2.05) is 50.2 Å². The number of pyridine rings is 1. The summed E-state index contributed by atoms with van der Waals surface area (Å²) in [5.74, 6) is -1.68. The number of aromatic nitrogens is 1. The first-order valence-corrected chi connectivity index (χ1v) is 17.9. The first kappa shape index (κ1) is 38.6. The van der Waals surface area contributed by atoms with Crippen molar-refractivity contribution >= 4 is 34.1 Å². The van der Waals surface area contributed by atoms with Crippen LogP contribution in [0.1, 0.15) is 50.1 Å². The van der Waals surface area contributed by atoms with Crippen molar-refractivity contribution in [2.75, 3.05) is 19.6 Å². The first-order chi connectivity index (χ1) is 24.2. The van der Waals surface area contributed by atoms with E-state index in [0.29, 0.717) is 11.1 Å². The van der Waals surface area contributed by atoms with Crippen molar-refractivity contribution in [2.45, 2.75) is 63.7 Å². The summed E-state index contributed by atoms with van der Waals surface area (Å²) in [5.41, 5.74) is 1.92. The minimum absolute atomic E-state index is 0.0219. The highest BCUT2D eigenvalue weighted by Crippen LogP contribution is 2.23. The van der Waals surface area contributed by atoms with Crippen molar-refractivity contribution in [1.29, 1.82) is 5.26 Å². The summed E-state index contributed by atoms with van der Waals surface area (Å²) in [6, 6.07) is 17.1. The van der Waals surface area contributed by atoms with Crippen LogP contribution in [0.5, 0.6) is 0 Å². The van der Waals surface area contributed by atoms with E-state index in [-0.39, 0.29) is 49.1 Å². The lowest BCUT2D eigenvalue weighted by Crippen LogP contribution is -2.57. The van der Waals surface area contributed by atoms with Crippen molar-refractivity contribution in [3.8, 4) is 6.07 Å². The molecule has 270 valence electrons. The summed E-state index contributed by atoms with van der Waals surface area (Å²) in [7, 11) is -4.11. The average molecular weight is 718 g/mol. The molecule has 0 radical (unpaired) electrons. The van der Waals surface area contributed by atoms with Crippen LogP contribution in [-0.2, 0) is 32.6 Å². The molecule has 0 unspecified atom stereocenters. The van der Waals surface area contributed by atoms with Crippen molar-refractivity contribution in [2.24, 2.45) is 17.0 Å². The van der Waals surface area contributed by atoms with Crippen LogP contribution in [0.25, 0.3) is 0 Å². The van der Waals surface area contributed by atoms with Crippen LogP contribution in [0.4, 0.5) is 4.79 Å². The number of amides is 4. The lowest BCUT2D eigenvalue weighted by atomic mass is 9.97. The number of rotatable bonds is 16. The zero-order chi connectivity index (χ0) is 37.3. The monoisotopic (exact) mass is 717 g/mol. The van der Waals surface area contributed by atoms with Gasteiger partial charge in [0.1, 0.15) is 24.3 Å². The highest BCUT2D eigenvalue weighted by molar-refractivity contribution is 7.89. The van der Waals surface area contributed by atoms with Gasteiger partial charge in [-0.2, -0.15) is 9.57 Å². The molecule has 3 atom stereocenters. The zero-order valence-electron chi connectivity index (χ0n) is 29.0. The minimum atomic E-state index is -4.11. The van der Waals surface area contributed by atoms with Gasteiger partial charge in [-0.15, -0.1) is 0 Å². The summed E-state index contributed by atoms with van der Waals surface area (Å²) < 4.78 is 28.9. The number of carbonyl (C=O) groups is 3. The molecule has 0 spiro atoms. The maximum Gasteiger partial charge on any atom is 0.328 e. The summed E-state index contributed by atoms with van der Waals surface area (Å²) in [5, 5.41) is 35.6. The number of imide groups is 1. The lowest BCUT2D eigenvalue weighted by molar-refractivity contribution is -0.129. The van der Waals surface area contributed by atoms with Crippen molar-refractivity contribution in [3.63, 3.8) is 0 Å². The molecule has 2 aromatic carbocycles. The third kappa shape index (κ3) is 9.75. The number of aliphatic hydroxyl groups excluding tert-OH is 1. The number of nitrogens with one attached hydrogen (secondary N) is 1. The van der Waals surface area contributed by atoms with Crippen LogP contribution >= 0.6 is 0 Å². The van der Waals surface area contributed by atoms with Gasteiger partial charge in [-0.05, 0) is 59.2 Å². The molecule has 0 aliphatic carbocycles. The van der Waals surface area contributed by atoms with Crippen LogP contribution < -0.4 is 5.32 Å². The lowest BCUT2D eigenvalue weighted by Gasteiger charge is -2.34. The number of nitriles is 1. The number of urea groups is 1. The summed E-state index contributed by atoms with van der Waals surface area (Å²) in [4.78, 5) is 46.9. The maximum absolute atomic E-state index is 14.1. The van der Waals surface area contributed by atoms with Gasteiger partial charge in [-0.3, -0.25) is 14.5 Å². The van der Waals surface area contributed by atoms with E-state index in [0.717, 1.165) is 10.5 Å². The molecule has 4 rings (SSSR count). The highest BCUT2D eigenvalue weighted by Gasteiger charge is 2.44. The molecule has 1 aliphatic heterocycles. The number of nitrogens with zero attached hydrogens (tertiary/aromatic N) is 6. The first-order valence-electron chi connectivity index (χ1n) is 16.5. The normalized spacial score (nSPS) is 15.5. The minimum Gasteiger partial charge on any atom is -0.411 e. The largest absolute Gasteiger partial charge is 0.411 e. The van der Waals surface area contributed by atoms with Gasteiger partial charge in [0.25, 0.3) is 5.91 Å². The second kappa shape index (κ2) is 17.2. The number of aliphatic hydroxyl groups is 1. The Morgan fingerprint density at radius 1 is 1.06 bits per heavy atom. The molecule has 15 heteroatoms. The Morgan fingerprint density at radius 2 is 1.75 bits per heavy atom. The van der Waals surface area contributed by atoms with Gasteiger partial charge >= 0.3 is 6.03 Å². The van der Waals surface area contributed by atoms with Crippen LogP contribution in [0.2, 0.25) is 0 Å². The van der Waals surface area contributed by atoms with E-state index in [4.69, 9.17) is 5.21 Å². The van der Waals surface area contributed by atoms with E-state index < -0.39 is 52.0 Å². The average Bonchev–Trinajstić information content (AvgIpc) is 3.36. The van der Waals surface area contributed by atoms with Gasteiger partial charge in [0.2, 0.25) is 15.9 Å². The molecule has 51 heavy (non-hydrogen) atoms. The SMILES string of the molecule is CC(C)CN(C[C@@H](O)[C@H](Cc1ccccc1)NC(=O)[C@H](C(C)C)N1CC(=O)N(Cc2ccnc(C#N)c2)C1=O)S(=O)(=O)c1ccc(C=NO)cc1. The Hall–Kier alpha value is -5.17. The van der Waals surface area contributed by atoms with E-state index in [9.17, 15) is 33.2 Å². The van der Waals surface area contributed by atoms with E-state index in [1.165, 1.54) is 51.9 Å². The highest BCUT2D eigenvalue weighted by atomic mass is 32.2.